The van der Waals surface area contributed by atoms with Crippen LogP contribution in [0.4, 0.5) is 0 Å². The van der Waals surface area contributed by atoms with Gasteiger partial charge in [0.1, 0.15) is 0 Å². The fraction of sp³-hybridized carbons (Fsp3) is 0.632. The summed E-state index contributed by atoms with van der Waals surface area (Å²) in [5.74, 6) is 1.43. The number of hydrogen-bond donors (Lipinski definition) is 1. The van der Waals surface area contributed by atoms with Crippen molar-refractivity contribution in [3.05, 3.63) is 23.8 Å². The van der Waals surface area contributed by atoms with Crippen LogP contribution >= 0.6 is 0 Å². The van der Waals surface area contributed by atoms with Gasteiger partial charge in [0.25, 0.3) is 0 Å². The van der Waals surface area contributed by atoms with Crippen molar-refractivity contribution in [2.24, 2.45) is 5.92 Å². The number of carbonyl (C=O) groups excluding carboxylic acids is 1. The highest BCUT2D eigenvalue weighted by Gasteiger charge is 2.14. The summed E-state index contributed by atoms with van der Waals surface area (Å²) in [6.07, 6.45) is 1.67. The van der Waals surface area contributed by atoms with Crippen molar-refractivity contribution in [3.8, 4) is 11.5 Å². The zero-order valence-electron chi connectivity index (χ0n) is 15.7. The Labute approximate surface area is 146 Å². The quantitative estimate of drug-likeness (QED) is 0.631. The number of hydrogen-bond acceptors (Lipinski definition) is 4. The standard InChI is InChI=1S/C19H32N2O3/c1-6-21(7-2)12-8-11-20-19(22)15(3)13-16-9-10-17(23-4)18(14-16)24-5/h9-10,14-15H,6-8,11-13H2,1-5H3,(H,20,22). The molecule has 0 radical (unpaired) electrons. The number of carbonyl (C=O) groups is 1. The first kappa shape index (κ1) is 20.3. The van der Waals surface area contributed by atoms with Crippen molar-refractivity contribution in [2.45, 2.75) is 33.6 Å². The Bertz CT molecular complexity index is 501. The second-order valence-corrected chi connectivity index (χ2v) is 5.97. The van der Waals surface area contributed by atoms with Gasteiger partial charge in [0.15, 0.2) is 11.5 Å². The fourth-order valence-corrected chi connectivity index (χ4v) is 2.68. The van der Waals surface area contributed by atoms with E-state index in [9.17, 15) is 4.79 Å². The lowest BCUT2D eigenvalue weighted by molar-refractivity contribution is -0.124. The average Bonchev–Trinajstić information content (AvgIpc) is 2.61. The Morgan fingerprint density at radius 3 is 2.42 bits per heavy atom. The van der Waals surface area contributed by atoms with Crippen molar-refractivity contribution in [2.75, 3.05) is 40.4 Å². The smallest absolute Gasteiger partial charge is 0.223 e. The molecule has 24 heavy (non-hydrogen) atoms. The van der Waals surface area contributed by atoms with E-state index in [1.54, 1.807) is 14.2 Å². The molecule has 1 unspecified atom stereocenters. The van der Waals surface area contributed by atoms with E-state index in [1.165, 1.54) is 0 Å². The molecule has 0 bridgehead atoms. The monoisotopic (exact) mass is 336 g/mol. The van der Waals surface area contributed by atoms with Gasteiger partial charge in [-0.15, -0.1) is 0 Å². The molecule has 0 spiro atoms. The molecule has 1 amide bonds. The van der Waals surface area contributed by atoms with E-state index in [0.29, 0.717) is 17.9 Å². The molecular formula is C19H32N2O3. The minimum atomic E-state index is -0.0726. The SMILES string of the molecule is CCN(CC)CCCNC(=O)C(C)Cc1ccc(OC)c(OC)c1. The van der Waals surface area contributed by atoms with Gasteiger partial charge in [-0.2, -0.15) is 0 Å². The molecular weight excluding hydrogens is 304 g/mol. The molecule has 0 aromatic heterocycles. The van der Waals surface area contributed by atoms with E-state index >= 15 is 0 Å². The van der Waals surface area contributed by atoms with Gasteiger partial charge in [-0.3, -0.25) is 4.79 Å². The van der Waals surface area contributed by atoms with Crippen LogP contribution in [0.15, 0.2) is 18.2 Å². The highest BCUT2D eigenvalue weighted by molar-refractivity contribution is 5.78. The van der Waals surface area contributed by atoms with Gasteiger partial charge in [0.05, 0.1) is 14.2 Å². The van der Waals surface area contributed by atoms with Crippen LogP contribution in [0, 0.1) is 5.92 Å². The molecule has 5 heteroatoms. The molecule has 1 aromatic carbocycles. The highest BCUT2D eigenvalue weighted by Crippen LogP contribution is 2.28. The topological polar surface area (TPSA) is 50.8 Å². The molecule has 0 saturated carbocycles. The van der Waals surface area contributed by atoms with Gasteiger partial charge in [0, 0.05) is 12.5 Å². The summed E-state index contributed by atoms with van der Waals surface area (Å²) >= 11 is 0. The number of benzene rings is 1. The van der Waals surface area contributed by atoms with Crippen molar-refractivity contribution < 1.29 is 14.3 Å². The van der Waals surface area contributed by atoms with Crippen LogP contribution in [0.1, 0.15) is 32.8 Å². The third-order valence-electron chi connectivity index (χ3n) is 4.28. The minimum Gasteiger partial charge on any atom is -0.493 e. The maximum absolute atomic E-state index is 12.2. The summed E-state index contributed by atoms with van der Waals surface area (Å²) in [6.45, 7) is 10.1. The number of methoxy groups -OCH3 is 2. The van der Waals surface area contributed by atoms with Crippen LogP contribution in [-0.4, -0.2) is 51.2 Å². The molecule has 0 saturated heterocycles. The first-order valence-corrected chi connectivity index (χ1v) is 8.76. The van der Waals surface area contributed by atoms with Crippen LogP contribution in [0.5, 0.6) is 11.5 Å². The highest BCUT2D eigenvalue weighted by atomic mass is 16.5. The van der Waals surface area contributed by atoms with Crippen molar-refractivity contribution >= 4 is 5.91 Å². The van der Waals surface area contributed by atoms with Crippen molar-refractivity contribution in [1.29, 1.82) is 0 Å². The molecule has 1 aromatic rings. The zero-order chi connectivity index (χ0) is 17.9. The molecule has 5 nitrogen and oxygen atoms in total. The Balaban J connectivity index is 2.44. The second-order valence-electron chi connectivity index (χ2n) is 5.97. The van der Waals surface area contributed by atoms with E-state index in [2.05, 4.69) is 24.1 Å². The van der Waals surface area contributed by atoms with Gasteiger partial charge in [-0.05, 0) is 50.2 Å². The lowest BCUT2D eigenvalue weighted by atomic mass is 10.00. The van der Waals surface area contributed by atoms with Crippen LogP contribution in [0.3, 0.4) is 0 Å². The Morgan fingerprint density at radius 2 is 1.83 bits per heavy atom. The Hall–Kier alpha value is -1.75. The third-order valence-corrected chi connectivity index (χ3v) is 4.28. The Kier molecular flexibility index (Phi) is 9.23. The number of nitrogens with zero attached hydrogens (tertiary/aromatic N) is 1. The lowest BCUT2D eigenvalue weighted by Gasteiger charge is -2.18. The average molecular weight is 336 g/mol. The number of rotatable bonds is 11. The van der Waals surface area contributed by atoms with Crippen LogP contribution in [0.2, 0.25) is 0 Å². The first-order valence-electron chi connectivity index (χ1n) is 8.76. The van der Waals surface area contributed by atoms with Crippen LogP contribution in [-0.2, 0) is 11.2 Å². The molecule has 1 rings (SSSR count). The number of ether oxygens (including phenoxy) is 2. The van der Waals surface area contributed by atoms with E-state index in [-0.39, 0.29) is 11.8 Å². The fourth-order valence-electron chi connectivity index (χ4n) is 2.68. The summed E-state index contributed by atoms with van der Waals surface area (Å²) in [5, 5.41) is 3.04. The molecule has 0 aliphatic carbocycles. The molecule has 136 valence electrons. The van der Waals surface area contributed by atoms with Crippen LogP contribution in [0.25, 0.3) is 0 Å². The maximum atomic E-state index is 12.2. The van der Waals surface area contributed by atoms with Crippen molar-refractivity contribution in [1.82, 2.24) is 10.2 Å². The van der Waals surface area contributed by atoms with Gasteiger partial charge in [-0.25, -0.2) is 0 Å². The predicted molar refractivity (Wildman–Crippen MR) is 97.8 cm³/mol. The molecule has 0 fully saturated rings. The minimum absolute atomic E-state index is 0.0726. The van der Waals surface area contributed by atoms with Gasteiger partial charge in [-0.1, -0.05) is 26.8 Å². The van der Waals surface area contributed by atoms with E-state index in [4.69, 9.17) is 9.47 Å². The summed E-state index contributed by atoms with van der Waals surface area (Å²) in [4.78, 5) is 14.6. The maximum Gasteiger partial charge on any atom is 0.223 e. The van der Waals surface area contributed by atoms with E-state index in [0.717, 1.165) is 38.2 Å². The zero-order valence-corrected chi connectivity index (χ0v) is 15.7. The molecule has 1 atom stereocenters. The summed E-state index contributed by atoms with van der Waals surface area (Å²) in [7, 11) is 3.24. The summed E-state index contributed by atoms with van der Waals surface area (Å²) in [6, 6.07) is 5.79. The lowest BCUT2D eigenvalue weighted by Crippen LogP contribution is -2.33. The van der Waals surface area contributed by atoms with Crippen LogP contribution < -0.4 is 14.8 Å². The summed E-state index contributed by atoms with van der Waals surface area (Å²) < 4.78 is 10.6. The number of amides is 1. The van der Waals surface area contributed by atoms with Gasteiger partial charge >= 0.3 is 0 Å². The molecule has 1 N–H and O–H groups in total. The van der Waals surface area contributed by atoms with Crippen molar-refractivity contribution in [3.63, 3.8) is 0 Å². The van der Waals surface area contributed by atoms with Gasteiger partial charge in [0.2, 0.25) is 5.91 Å². The second kappa shape index (κ2) is 10.9. The van der Waals surface area contributed by atoms with E-state index in [1.807, 2.05) is 25.1 Å². The van der Waals surface area contributed by atoms with E-state index < -0.39 is 0 Å². The van der Waals surface area contributed by atoms with Gasteiger partial charge < -0.3 is 19.7 Å². The molecule has 0 aliphatic heterocycles. The first-order chi connectivity index (χ1) is 11.5. The normalized spacial score (nSPS) is 12.1. The number of nitrogens with one attached hydrogen (secondary N) is 1. The predicted octanol–water partition coefficient (Wildman–Crippen LogP) is 2.73. The third kappa shape index (κ3) is 6.40. The molecule has 0 heterocycles. The largest absolute Gasteiger partial charge is 0.493 e. The molecule has 0 aliphatic rings. The Morgan fingerprint density at radius 1 is 1.17 bits per heavy atom. The summed E-state index contributed by atoms with van der Waals surface area (Å²) in [5.41, 5.74) is 1.07.